The van der Waals surface area contributed by atoms with Gasteiger partial charge in [-0.15, -0.1) is 0 Å². The van der Waals surface area contributed by atoms with Crippen LogP contribution in [0.2, 0.25) is 0 Å². The van der Waals surface area contributed by atoms with E-state index in [0.29, 0.717) is 50.0 Å². The van der Waals surface area contributed by atoms with Crippen molar-refractivity contribution in [3.8, 4) is 0 Å². The van der Waals surface area contributed by atoms with E-state index in [9.17, 15) is 14.4 Å². The van der Waals surface area contributed by atoms with Gasteiger partial charge in [0.25, 0.3) is 5.56 Å². The van der Waals surface area contributed by atoms with E-state index in [-0.39, 0.29) is 23.8 Å². The van der Waals surface area contributed by atoms with Gasteiger partial charge in [-0.1, -0.05) is 42.5 Å². The number of amides is 2. The highest BCUT2D eigenvalue weighted by Crippen LogP contribution is 2.12. The maximum atomic E-state index is 12.7. The molecule has 2 amide bonds. The predicted octanol–water partition coefficient (Wildman–Crippen LogP) is 2.79. The van der Waals surface area contributed by atoms with Crippen LogP contribution in [0.4, 0.5) is 0 Å². The van der Waals surface area contributed by atoms with E-state index >= 15 is 0 Å². The third-order valence-corrected chi connectivity index (χ3v) is 6.31. The minimum absolute atomic E-state index is 0.00224. The molecule has 1 aromatic heterocycles. The largest absolute Gasteiger partial charge is 0.339 e. The lowest BCUT2D eigenvalue weighted by Gasteiger charge is -2.35. The SMILES string of the molecule is Cc1cccc2c(=O)n(CCC(=O)N3CCN(C(=O)CCCc4ccccc4)CC3)cnc12. The summed E-state index contributed by atoms with van der Waals surface area (Å²) in [4.78, 5) is 46.0. The monoisotopic (exact) mass is 446 g/mol. The van der Waals surface area contributed by atoms with Crippen molar-refractivity contribution in [2.45, 2.75) is 39.2 Å². The van der Waals surface area contributed by atoms with Crippen LogP contribution in [0, 0.1) is 6.92 Å². The first-order valence-corrected chi connectivity index (χ1v) is 11.6. The van der Waals surface area contributed by atoms with E-state index in [1.807, 2.05) is 42.2 Å². The molecule has 0 N–H and O–H groups in total. The van der Waals surface area contributed by atoms with Gasteiger partial charge in [0.1, 0.15) is 0 Å². The number of carbonyl (C=O) groups is 2. The molecule has 33 heavy (non-hydrogen) atoms. The fraction of sp³-hybridized carbons (Fsp3) is 0.385. The fourth-order valence-corrected chi connectivity index (χ4v) is 4.32. The van der Waals surface area contributed by atoms with Crippen LogP contribution in [-0.2, 0) is 22.6 Å². The second-order valence-electron chi connectivity index (χ2n) is 8.56. The van der Waals surface area contributed by atoms with Crippen molar-refractivity contribution in [3.05, 3.63) is 76.3 Å². The van der Waals surface area contributed by atoms with E-state index < -0.39 is 0 Å². The standard InChI is InChI=1S/C26H30N4O3/c1-20-7-5-11-22-25(20)27-19-30(26(22)33)14-13-24(32)29-17-15-28(16-18-29)23(31)12-6-10-21-8-3-2-4-9-21/h2-5,7-9,11,19H,6,10,12-18H2,1H3. The van der Waals surface area contributed by atoms with Crippen molar-refractivity contribution in [2.75, 3.05) is 26.2 Å². The Hall–Kier alpha value is -3.48. The second-order valence-corrected chi connectivity index (χ2v) is 8.56. The molecule has 2 heterocycles. The molecule has 0 unspecified atom stereocenters. The van der Waals surface area contributed by atoms with Gasteiger partial charge in [0.05, 0.1) is 17.2 Å². The zero-order chi connectivity index (χ0) is 23.2. The summed E-state index contributed by atoms with van der Waals surface area (Å²) in [6.07, 6.45) is 4.02. The molecule has 172 valence electrons. The predicted molar refractivity (Wildman–Crippen MR) is 128 cm³/mol. The van der Waals surface area contributed by atoms with Crippen LogP contribution >= 0.6 is 0 Å². The summed E-state index contributed by atoms with van der Waals surface area (Å²) in [6.45, 7) is 4.42. The van der Waals surface area contributed by atoms with Gasteiger partial charge in [-0.25, -0.2) is 4.98 Å². The van der Waals surface area contributed by atoms with E-state index in [1.54, 1.807) is 11.0 Å². The maximum absolute atomic E-state index is 12.7. The third kappa shape index (κ3) is 5.48. The van der Waals surface area contributed by atoms with Gasteiger partial charge in [-0.2, -0.15) is 0 Å². The van der Waals surface area contributed by atoms with Gasteiger partial charge in [-0.05, 0) is 37.0 Å². The number of hydrogen-bond acceptors (Lipinski definition) is 4. The molecule has 7 nitrogen and oxygen atoms in total. The Kier molecular flexibility index (Phi) is 7.17. The van der Waals surface area contributed by atoms with Gasteiger partial charge in [-0.3, -0.25) is 19.0 Å². The first kappa shape index (κ1) is 22.7. The number of fused-ring (bicyclic) bond motifs is 1. The van der Waals surface area contributed by atoms with Crippen LogP contribution in [0.3, 0.4) is 0 Å². The van der Waals surface area contributed by atoms with E-state index in [4.69, 9.17) is 0 Å². The van der Waals surface area contributed by atoms with Crippen LogP contribution < -0.4 is 5.56 Å². The summed E-state index contributed by atoms with van der Waals surface area (Å²) in [5.41, 5.74) is 2.79. The topological polar surface area (TPSA) is 75.5 Å². The lowest BCUT2D eigenvalue weighted by Crippen LogP contribution is -2.50. The van der Waals surface area contributed by atoms with Crippen LogP contribution in [0.5, 0.6) is 0 Å². The molecule has 1 fully saturated rings. The second kappa shape index (κ2) is 10.4. The molecular weight excluding hydrogens is 416 g/mol. The molecule has 0 bridgehead atoms. The average Bonchev–Trinajstić information content (AvgIpc) is 2.84. The lowest BCUT2D eigenvalue weighted by atomic mass is 10.1. The van der Waals surface area contributed by atoms with Gasteiger partial charge in [0.15, 0.2) is 0 Å². The number of benzene rings is 2. The van der Waals surface area contributed by atoms with Gasteiger partial charge in [0.2, 0.25) is 11.8 Å². The molecule has 0 atom stereocenters. The Balaban J connectivity index is 1.23. The van der Waals surface area contributed by atoms with E-state index in [0.717, 1.165) is 18.4 Å². The lowest BCUT2D eigenvalue weighted by molar-refractivity contribution is -0.139. The van der Waals surface area contributed by atoms with Crippen molar-refractivity contribution in [2.24, 2.45) is 0 Å². The van der Waals surface area contributed by atoms with Crippen LogP contribution in [0.25, 0.3) is 10.9 Å². The summed E-state index contributed by atoms with van der Waals surface area (Å²) in [5.74, 6) is 0.157. The number of piperazine rings is 1. The van der Waals surface area contributed by atoms with Crippen molar-refractivity contribution in [1.29, 1.82) is 0 Å². The number of aryl methyl sites for hydroxylation is 3. The van der Waals surface area contributed by atoms with Crippen LogP contribution in [-0.4, -0.2) is 57.3 Å². The van der Waals surface area contributed by atoms with Crippen molar-refractivity contribution in [3.63, 3.8) is 0 Å². The van der Waals surface area contributed by atoms with Crippen LogP contribution in [0.15, 0.2) is 59.7 Å². The summed E-state index contributed by atoms with van der Waals surface area (Å²) >= 11 is 0. The van der Waals surface area contributed by atoms with Gasteiger partial charge in [0, 0.05) is 45.6 Å². The van der Waals surface area contributed by atoms with E-state index in [2.05, 4.69) is 17.1 Å². The van der Waals surface area contributed by atoms with Crippen molar-refractivity contribution < 1.29 is 9.59 Å². The molecule has 7 heteroatoms. The Morgan fingerprint density at radius 2 is 1.55 bits per heavy atom. The normalized spacial score (nSPS) is 14.0. The Bertz CT molecular complexity index is 1180. The molecule has 0 aliphatic carbocycles. The molecule has 1 aliphatic heterocycles. The molecule has 0 saturated carbocycles. The third-order valence-electron chi connectivity index (χ3n) is 6.31. The summed E-state index contributed by atoms with van der Waals surface area (Å²) in [5, 5.41) is 0.573. The number of hydrogen-bond donors (Lipinski definition) is 0. The molecular formula is C26H30N4O3. The average molecular weight is 447 g/mol. The number of aromatic nitrogens is 2. The Labute approximate surface area is 193 Å². The van der Waals surface area contributed by atoms with Gasteiger partial charge < -0.3 is 9.80 Å². The quantitative estimate of drug-likeness (QED) is 0.559. The highest BCUT2D eigenvalue weighted by molar-refractivity contribution is 5.80. The molecule has 2 aromatic carbocycles. The zero-order valence-corrected chi connectivity index (χ0v) is 19.1. The minimum atomic E-state index is -0.123. The summed E-state index contributed by atoms with van der Waals surface area (Å²) < 4.78 is 1.51. The smallest absolute Gasteiger partial charge is 0.261 e. The summed E-state index contributed by atoms with van der Waals surface area (Å²) in [7, 11) is 0. The molecule has 1 aliphatic rings. The maximum Gasteiger partial charge on any atom is 0.261 e. The molecule has 3 aromatic rings. The highest BCUT2D eigenvalue weighted by Gasteiger charge is 2.23. The van der Waals surface area contributed by atoms with Crippen molar-refractivity contribution in [1.82, 2.24) is 19.4 Å². The first-order valence-electron chi connectivity index (χ1n) is 11.6. The van der Waals surface area contributed by atoms with Crippen molar-refractivity contribution >= 4 is 22.7 Å². The summed E-state index contributed by atoms with van der Waals surface area (Å²) in [6, 6.07) is 15.7. The number of carbonyl (C=O) groups excluding carboxylic acids is 2. The molecule has 4 rings (SSSR count). The first-order chi connectivity index (χ1) is 16.0. The number of rotatable bonds is 7. The number of nitrogens with zero attached hydrogens (tertiary/aromatic N) is 4. The Morgan fingerprint density at radius 1 is 0.879 bits per heavy atom. The molecule has 0 radical (unpaired) electrons. The minimum Gasteiger partial charge on any atom is -0.339 e. The van der Waals surface area contributed by atoms with Crippen LogP contribution in [0.1, 0.15) is 30.4 Å². The number of para-hydroxylation sites is 1. The zero-order valence-electron chi connectivity index (χ0n) is 19.1. The molecule has 0 spiro atoms. The van der Waals surface area contributed by atoms with Gasteiger partial charge >= 0.3 is 0 Å². The molecule has 1 saturated heterocycles. The highest BCUT2D eigenvalue weighted by atomic mass is 16.2. The Morgan fingerprint density at radius 3 is 2.24 bits per heavy atom. The fourth-order valence-electron chi connectivity index (χ4n) is 4.32. The van der Waals surface area contributed by atoms with E-state index in [1.165, 1.54) is 16.5 Å².